The van der Waals surface area contributed by atoms with Crippen molar-refractivity contribution >= 4 is 46.2 Å². The molecule has 0 spiro atoms. The second-order valence-electron chi connectivity index (χ2n) is 8.87. The van der Waals surface area contributed by atoms with Crippen LogP contribution in [0.4, 0.5) is 9.18 Å². The van der Waals surface area contributed by atoms with Crippen molar-refractivity contribution in [3.63, 3.8) is 0 Å². The van der Waals surface area contributed by atoms with Gasteiger partial charge in [0.25, 0.3) is 0 Å². The molecule has 0 aliphatic carbocycles. The standard InChI is InChI=1S/C25H23Cl2FN2O3/c1-25(2,3)33-24(32)29-11-6-7-15(14-29)16-13-20(30-12-5-4-8-19(16)30)23(31)21-17(26)9-10-18(28)22(21)27/h4-5,7-10,12-13H,6,11,14H2,1-3H3. The second kappa shape index (κ2) is 8.84. The SMILES string of the molecule is CC(C)(C)OC(=O)N1CCC=C(c2cc(C(=O)c3c(Cl)ccc(F)c3Cl)n3ccccc23)C1. The van der Waals surface area contributed by atoms with Crippen LogP contribution in [0.25, 0.3) is 11.1 Å². The first-order valence-corrected chi connectivity index (χ1v) is 11.3. The molecule has 0 unspecified atom stereocenters. The minimum Gasteiger partial charge on any atom is -0.444 e. The summed E-state index contributed by atoms with van der Waals surface area (Å²) in [7, 11) is 0. The maximum atomic E-state index is 14.1. The molecule has 8 heteroatoms. The molecule has 2 aromatic heterocycles. The van der Waals surface area contributed by atoms with Gasteiger partial charge in [-0.1, -0.05) is 35.3 Å². The van der Waals surface area contributed by atoms with E-state index < -0.39 is 17.2 Å². The lowest BCUT2D eigenvalue weighted by atomic mass is 10.0. The molecule has 0 saturated carbocycles. The van der Waals surface area contributed by atoms with Gasteiger partial charge in [0.1, 0.15) is 11.4 Å². The number of ketones is 1. The molecular formula is C25H23Cl2FN2O3. The van der Waals surface area contributed by atoms with Crippen LogP contribution in [-0.4, -0.2) is 39.9 Å². The normalized spacial score (nSPS) is 14.4. The molecule has 1 aromatic carbocycles. The number of hydrogen-bond donors (Lipinski definition) is 0. The molecule has 0 radical (unpaired) electrons. The van der Waals surface area contributed by atoms with Gasteiger partial charge in [0, 0.05) is 24.8 Å². The third-order valence-corrected chi connectivity index (χ3v) is 6.01. The van der Waals surface area contributed by atoms with Crippen LogP contribution in [0.15, 0.2) is 48.7 Å². The van der Waals surface area contributed by atoms with Crippen LogP contribution in [0.1, 0.15) is 48.8 Å². The monoisotopic (exact) mass is 488 g/mol. The average Bonchev–Trinajstić information content (AvgIpc) is 3.15. The number of pyridine rings is 1. The highest BCUT2D eigenvalue weighted by Gasteiger charge is 2.28. The smallest absolute Gasteiger partial charge is 0.410 e. The van der Waals surface area contributed by atoms with Crippen molar-refractivity contribution in [1.82, 2.24) is 9.30 Å². The molecule has 1 aliphatic rings. The van der Waals surface area contributed by atoms with E-state index >= 15 is 0 Å². The molecular weight excluding hydrogens is 466 g/mol. The highest BCUT2D eigenvalue weighted by Crippen LogP contribution is 2.33. The number of halogens is 3. The Morgan fingerprint density at radius 3 is 2.61 bits per heavy atom. The van der Waals surface area contributed by atoms with E-state index in [1.54, 1.807) is 27.6 Å². The number of rotatable bonds is 3. The Kier molecular flexibility index (Phi) is 6.25. The molecule has 0 atom stereocenters. The summed E-state index contributed by atoms with van der Waals surface area (Å²) in [5.74, 6) is -1.20. The molecule has 0 saturated heterocycles. The number of nitrogens with zero attached hydrogens (tertiary/aromatic N) is 2. The van der Waals surface area contributed by atoms with Crippen LogP contribution in [0, 0.1) is 5.82 Å². The largest absolute Gasteiger partial charge is 0.444 e. The zero-order valence-electron chi connectivity index (χ0n) is 18.5. The van der Waals surface area contributed by atoms with E-state index in [0.29, 0.717) is 25.2 Å². The Morgan fingerprint density at radius 1 is 1.12 bits per heavy atom. The van der Waals surface area contributed by atoms with Crippen LogP contribution in [-0.2, 0) is 4.74 Å². The Bertz CT molecular complexity index is 1290. The van der Waals surface area contributed by atoms with E-state index in [2.05, 4.69) is 6.08 Å². The van der Waals surface area contributed by atoms with Gasteiger partial charge in [0.05, 0.1) is 26.8 Å². The van der Waals surface area contributed by atoms with Crippen LogP contribution < -0.4 is 0 Å². The number of fused-ring (bicyclic) bond motifs is 1. The number of carbonyl (C=O) groups is 2. The summed E-state index contributed by atoms with van der Waals surface area (Å²) in [5.41, 5.74) is 2.10. The topological polar surface area (TPSA) is 51.0 Å². The Hall–Kier alpha value is -2.83. The summed E-state index contributed by atoms with van der Waals surface area (Å²) in [5, 5.41) is -0.236. The zero-order chi connectivity index (χ0) is 23.9. The lowest BCUT2D eigenvalue weighted by Crippen LogP contribution is -2.39. The van der Waals surface area contributed by atoms with E-state index in [0.717, 1.165) is 22.7 Å². The summed E-state index contributed by atoms with van der Waals surface area (Å²) in [6.07, 6.45) is 4.08. The van der Waals surface area contributed by atoms with Gasteiger partial charge in [-0.3, -0.25) is 4.79 Å². The summed E-state index contributed by atoms with van der Waals surface area (Å²) in [6.45, 7) is 6.37. The molecule has 1 amide bonds. The van der Waals surface area contributed by atoms with Gasteiger partial charge in [0.15, 0.2) is 0 Å². The summed E-state index contributed by atoms with van der Waals surface area (Å²) in [4.78, 5) is 27.7. The molecule has 172 valence electrons. The Labute approximate surface area is 201 Å². The van der Waals surface area contributed by atoms with Crippen molar-refractivity contribution in [3.8, 4) is 0 Å². The molecule has 0 bridgehead atoms. The first kappa shape index (κ1) is 23.3. The van der Waals surface area contributed by atoms with Crippen LogP contribution in [0.3, 0.4) is 0 Å². The van der Waals surface area contributed by atoms with Gasteiger partial charge in [-0.25, -0.2) is 9.18 Å². The van der Waals surface area contributed by atoms with Gasteiger partial charge < -0.3 is 14.0 Å². The molecule has 0 N–H and O–H groups in total. The summed E-state index contributed by atoms with van der Waals surface area (Å²) < 4.78 is 21.3. The minimum absolute atomic E-state index is 0.0758. The maximum Gasteiger partial charge on any atom is 0.410 e. The minimum atomic E-state index is -0.714. The molecule has 3 aromatic rings. The Balaban J connectivity index is 1.75. The predicted molar refractivity (Wildman–Crippen MR) is 128 cm³/mol. The number of amides is 1. The fourth-order valence-corrected chi connectivity index (χ4v) is 4.41. The lowest BCUT2D eigenvalue weighted by molar-refractivity contribution is 0.0273. The molecule has 4 rings (SSSR count). The van der Waals surface area contributed by atoms with Gasteiger partial charge in [-0.15, -0.1) is 0 Å². The Morgan fingerprint density at radius 2 is 1.88 bits per heavy atom. The van der Waals surface area contributed by atoms with E-state index in [-0.39, 0.29) is 21.7 Å². The van der Waals surface area contributed by atoms with Crippen LogP contribution in [0.5, 0.6) is 0 Å². The van der Waals surface area contributed by atoms with Crippen molar-refractivity contribution in [3.05, 3.63) is 81.4 Å². The van der Waals surface area contributed by atoms with Crippen molar-refractivity contribution in [2.24, 2.45) is 0 Å². The molecule has 1 aliphatic heterocycles. The number of hydrogen-bond acceptors (Lipinski definition) is 3. The van der Waals surface area contributed by atoms with Crippen molar-refractivity contribution in [2.45, 2.75) is 32.8 Å². The summed E-state index contributed by atoms with van der Waals surface area (Å²) >= 11 is 12.3. The van der Waals surface area contributed by atoms with Crippen molar-refractivity contribution in [2.75, 3.05) is 13.1 Å². The van der Waals surface area contributed by atoms with Crippen molar-refractivity contribution < 1.29 is 18.7 Å². The third-order valence-electron chi connectivity index (χ3n) is 5.33. The van der Waals surface area contributed by atoms with E-state index in [1.165, 1.54) is 6.07 Å². The van der Waals surface area contributed by atoms with Crippen molar-refractivity contribution in [1.29, 1.82) is 0 Å². The quantitative estimate of drug-likeness (QED) is 0.306. The van der Waals surface area contributed by atoms with Gasteiger partial charge >= 0.3 is 6.09 Å². The average molecular weight is 489 g/mol. The fraction of sp³-hybridized carbons (Fsp3) is 0.280. The number of ether oxygens (including phenoxy) is 1. The van der Waals surface area contributed by atoms with Crippen LogP contribution in [0.2, 0.25) is 10.0 Å². The zero-order valence-corrected chi connectivity index (χ0v) is 20.0. The lowest BCUT2D eigenvalue weighted by Gasteiger charge is -2.30. The number of carbonyl (C=O) groups excluding carboxylic acids is 2. The number of aromatic nitrogens is 1. The highest BCUT2D eigenvalue weighted by molar-refractivity contribution is 6.41. The summed E-state index contributed by atoms with van der Waals surface area (Å²) in [6, 6.07) is 9.72. The first-order valence-electron chi connectivity index (χ1n) is 10.5. The second-order valence-corrected chi connectivity index (χ2v) is 9.65. The highest BCUT2D eigenvalue weighted by atomic mass is 35.5. The van der Waals surface area contributed by atoms with E-state index in [9.17, 15) is 14.0 Å². The van der Waals surface area contributed by atoms with Crippen LogP contribution >= 0.6 is 23.2 Å². The molecule has 33 heavy (non-hydrogen) atoms. The fourth-order valence-electron chi connectivity index (χ4n) is 3.87. The first-order chi connectivity index (χ1) is 15.6. The maximum absolute atomic E-state index is 14.1. The van der Waals surface area contributed by atoms with Gasteiger partial charge in [0.2, 0.25) is 5.78 Å². The predicted octanol–water partition coefficient (Wildman–Crippen LogP) is 6.64. The number of benzene rings is 1. The molecule has 3 heterocycles. The van der Waals surface area contributed by atoms with Gasteiger partial charge in [-0.2, -0.15) is 0 Å². The molecule has 0 fully saturated rings. The van der Waals surface area contributed by atoms with E-state index in [4.69, 9.17) is 27.9 Å². The van der Waals surface area contributed by atoms with E-state index in [1.807, 2.05) is 32.9 Å². The third kappa shape index (κ3) is 4.63. The van der Waals surface area contributed by atoms with Gasteiger partial charge in [-0.05, 0) is 63.1 Å². The molecule has 5 nitrogen and oxygen atoms in total.